The van der Waals surface area contributed by atoms with Gasteiger partial charge in [0.1, 0.15) is 0 Å². The molecule has 3 heteroatoms. The molecule has 0 aromatic rings. The molecule has 3 nitrogen and oxygen atoms in total. The van der Waals surface area contributed by atoms with Crippen LogP contribution in [0.3, 0.4) is 0 Å². The third-order valence-electron chi connectivity index (χ3n) is 3.86. The molecule has 0 aromatic carbocycles. The fraction of sp³-hybridized carbons (Fsp3) is 0.917. The van der Waals surface area contributed by atoms with Gasteiger partial charge in [0.15, 0.2) is 0 Å². The van der Waals surface area contributed by atoms with Crippen molar-refractivity contribution in [1.82, 2.24) is 10.6 Å². The van der Waals surface area contributed by atoms with Gasteiger partial charge in [0, 0.05) is 12.6 Å². The van der Waals surface area contributed by atoms with E-state index in [1.165, 1.54) is 19.3 Å². The van der Waals surface area contributed by atoms with Crippen molar-refractivity contribution in [3.63, 3.8) is 0 Å². The highest BCUT2D eigenvalue weighted by Gasteiger charge is 2.28. The quantitative estimate of drug-likeness (QED) is 0.721. The normalized spacial score (nSPS) is 36.5. The Labute approximate surface area is 92.0 Å². The molecule has 1 aliphatic heterocycles. The fourth-order valence-corrected chi connectivity index (χ4v) is 2.74. The molecule has 2 rings (SSSR count). The lowest BCUT2D eigenvalue weighted by Crippen LogP contribution is -2.45. The van der Waals surface area contributed by atoms with Crippen LogP contribution in [0.2, 0.25) is 0 Å². The number of hydrogen-bond acceptors (Lipinski definition) is 2. The van der Waals surface area contributed by atoms with Gasteiger partial charge in [-0.3, -0.25) is 4.79 Å². The van der Waals surface area contributed by atoms with Gasteiger partial charge in [-0.05, 0) is 38.1 Å². The number of carbonyl (C=O) groups is 1. The summed E-state index contributed by atoms with van der Waals surface area (Å²) in [4.78, 5) is 11.9. The van der Waals surface area contributed by atoms with Crippen molar-refractivity contribution in [2.45, 2.75) is 45.1 Å². The summed E-state index contributed by atoms with van der Waals surface area (Å²) < 4.78 is 0. The molecule has 0 aromatic heterocycles. The average Bonchev–Trinajstić information content (AvgIpc) is 2.66. The number of nitrogens with one attached hydrogen (secondary N) is 2. The Hall–Kier alpha value is -0.570. The Morgan fingerprint density at radius 3 is 2.73 bits per heavy atom. The van der Waals surface area contributed by atoms with E-state index in [9.17, 15) is 4.79 Å². The molecule has 1 heterocycles. The first-order valence-corrected chi connectivity index (χ1v) is 6.28. The van der Waals surface area contributed by atoms with Crippen molar-refractivity contribution in [1.29, 1.82) is 0 Å². The lowest BCUT2D eigenvalue weighted by molar-refractivity contribution is -0.126. The van der Waals surface area contributed by atoms with E-state index in [1.807, 2.05) is 0 Å². The van der Waals surface area contributed by atoms with Gasteiger partial charge in [-0.25, -0.2) is 0 Å². The van der Waals surface area contributed by atoms with E-state index in [0.29, 0.717) is 12.0 Å². The molecule has 86 valence electrons. The first kappa shape index (κ1) is 10.9. The van der Waals surface area contributed by atoms with Gasteiger partial charge in [-0.2, -0.15) is 0 Å². The maximum absolute atomic E-state index is 11.9. The van der Waals surface area contributed by atoms with Crippen LogP contribution in [-0.4, -0.2) is 25.0 Å². The fourth-order valence-electron chi connectivity index (χ4n) is 2.74. The second-order valence-corrected chi connectivity index (χ2v) is 5.07. The highest BCUT2D eigenvalue weighted by molar-refractivity contribution is 5.79. The van der Waals surface area contributed by atoms with Gasteiger partial charge in [0.05, 0.1) is 5.92 Å². The highest BCUT2D eigenvalue weighted by atomic mass is 16.2. The van der Waals surface area contributed by atoms with Crippen LogP contribution < -0.4 is 10.6 Å². The lowest BCUT2D eigenvalue weighted by atomic mass is 9.97. The molecule has 1 amide bonds. The SMILES string of the molecule is CC1CCCC1NC(=O)C1CCCNC1. The van der Waals surface area contributed by atoms with Crippen molar-refractivity contribution >= 4 is 5.91 Å². The van der Waals surface area contributed by atoms with Gasteiger partial charge < -0.3 is 10.6 Å². The van der Waals surface area contributed by atoms with Crippen molar-refractivity contribution < 1.29 is 4.79 Å². The molecule has 0 bridgehead atoms. The van der Waals surface area contributed by atoms with Crippen molar-refractivity contribution in [3.05, 3.63) is 0 Å². The standard InChI is InChI=1S/C12H22N2O/c1-9-4-2-6-11(9)14-12(15)10-5-3-7-13-8-10/h9-11,13H,2-8H2,1H3,(H,14,15). The summed E-state index contributed by atoms with van der Waals surface area (Å²) in [6.07, 6.45) is 5.91. The monoisotopic (exact) mass is 210 g/mol. The van der Waals surface area contributed by atoms with E-state index >= 15 is 0 Å². The van der Waals surface area contributed by atoms with Crippen LogP contribution in [0.4, 0.5) is 0 Å². The predicted molar refractivity (Wildman–Crippen MR) is 60.5 cm³/mol. The van der Waals surface area contributed by atoms with Crippen molar-refractivity contribution in [3.8, 4) is 0 Å². The molecule has 2 N–H and O–H groups in total. The minimum atomic E-state index is 0.214. The molecule has 15 heavy (non-hydrogen) atoms. The van der Waals surface area contributed by atoms with E-state index in [1.54, 1.807) is 0 Å². The molecule has 3 atom stereocenters. The molecular formula is C12H22N2O. The number of rotatable bonds is 2. The van der Waals surface area contributed by atoms with Crippen molar-refractivity contribution in [2.75, 3.05) is 13.1 Å². The summed E-state index contributed by atoms with van der Waals surface area (Å²) in [5.41, 5.74) is 0. The Balaban J connectivity index is 1.80. The van der Waals surface area contributed by atoms with Crippen LogP contribution in [0.25, 0.3) is 0 Å². The number of piperidine rings is 1. The average molecular weight is 210 g/mol. The summed E-state index contributed by atoms with van der Waals surface area (Å²) in [5.74, 6) is 1.16. The van der Waals surface area contributed by atoms with Crippen LogP contribution in [0, 0.1) is 11.8 Å². The smallest absolute Gasteiger partial charge is 0.224 e. The van der Waals surface area contributed by atoms with Gasteiger partial charge >= 0.3 is 0 Å². The number of carbonyl (C=O) groups excluding carboxylic acids is 1. The third kappa shape index (κ3) is 2.71. The molecule has 0 radical (unpaired) electrons. The lowest BCUT2D eigenvalue weighted by Gasteiger charge is -2.25. The molecule has 2 aliphatic rings. The molecule has 3 unspecified atom stereocenters. The first-order chi connectivity index (χ1) is 7.27. The highest BCUT2D eigenvalue weighted by Crippen LogP contribution is 2.25. The molecule has 1 aliphatic carbocycles. The second-order valence-electron chi connectivity index (χ2n) is 5.07. The van der Waals surface area contributed by atoms with E-state index in [4.69, 9.17) is 0 Å². The summed E-state index contributed by atoms with van der Waals surface area (Å²) in [7, 11) is 0. The topological polar surface area (TPSA) is 41.1 Å². The van der Waals surface area contributed by atoms with E-state index < -0.39 is 0 Å². The van der Waals surface area contributed by atoms with Crippen LogP contribution in [0.1, 0.15) is 39.0 Å². The maximum atomic E-state index is 11.9. The molecule has 0 spiro atoms. The van der Waals surface area contributed by atoms with E-state index in [2.05, 4.69) is 17.6 Å². The largest absolute Gasteiger partial charge is 0.353 e. The molecule has 1 saturated heterocycles. The summed E-state index contributed by atoms with van der Waals surface area (Å²) in [6.45, 7) is 4.19. The zero-order chi connectivity index (χ0) is 10.7. The van der Waals surface area contributed by atoms with Gasteiger partial charge in [-0.15, -0.1) is 0 Å². The number of hydrogen-bond donors (Lipinski definition) is 2. The van der Waals surface area contributed by atoms with Crippen LogP contribution in [0.5, 0.6) is 0 Å². The Bertz CT molecular complexity index is 224. The summed E-state index contributed by atoms with van der Waals surface area (Å²) in [5, 5.41) is 6.51. The van der Waals surface area contributed by atoms with Gasteiger partial charge in [0.2, 0.25) is 5.91 Å². The Morgan fingerprint density at radius 1 is 1.27 bits per heavy atom. The summed E-state index contributed by atoms with van der Waals surface area (Å²) >= 11 is 0. The predicted octanol–water partition coefficient (Wildman–Crippen LogP) is 1.29. The van der Waals surface area contributed by atoms with Gasteiger partial charge in [0.25, 0.3) is 0 Å². The van der Waals surface area contributed by atoms with Crippen molar-refractivity contribution in [2.24, 2.45) is 11.8 Å². The minimum Gasteiger partial charge on any atom is -0.353 e. The second kappa shape index (κ2) is 4.97. The van der Waals surface area contributed by atoms with E-state index in [-0.39, 0.29) is 11.8 Å². The zero-order valence-electron chi connectivity index (χ0n) is 9.59. The number of amides is 1. The Kier molecular flexibility index (Phi) is 3.62. The van der Waals surface area contributed by atoms with Crippen LogP contribution in [-0.2, 0) is 4.79 Å². The minimum absolute atomic E-state index is 0.214. The summed E-state index contributed by atoms with van der Waals surface area (Å²) in [6, 6.07) is 0.444. The third-order valence-corrected chi connectivity index (χ3v) is 3.86. The van der Waals surface area contributed by atoms with E-state index in [0.717, 1.165) is 25.9 Å². The maximum Gasteiger partial charge on any atom is 0.224 e. The first-order valence-electron chi connectivity index (χ1n) is 6.28. The molecule has 1 saturated carbocycles. The van der Waals surface area contributed by atoms with Crippen LogP contribution in [0.15, 0.2) is 0 Å². The van der Waals surface area contributed by atoms with Gasteiger partial charge in [-0.1, -0.05) is 13.3 Å². The molecule has 2 fully saturated rings. The molecular weight excluding hydrogens is 188 g/mol. The zero-order valence-corrected chi connectivity index (χ0v) is 9.59. The Morgan fingerprint density at radius 2 is 2.13 bits per heavy atom. The van der Waals surface area contributed by atoms with Crippen LogP contribution >= 0.6 is 0 Å².